The van der Waals surface area contributed by atoms with Crippen LogP contribution >= 0.6 is 11.3 Å². The minimum Gasteiger partial charge on any atom is -0.481 e. The highest BCUT2D eigenvalue weighted by Gasteiger charge is 2.29. The number of aromatic nitrogens is 1. The Morgan fingerprint density at radius 1 is 0.985 bits per heavy atom. The molecule has 1 atom stereocenters. The lowest BCUT2D eigenvalue weighted by Gasteiger charge is -2.30. The summed E-state index contributed by atoms with van der Waals surface area (Å²) in [5.74, 6) is -0.445. The van der Waals surface area contributed by atoms with Crippen molar-refractivity contribution >= 4 is 73.8 Å². The highest BCUT2D eigenvalue weighted by Crippen LogP contribution is 2.39. The number of aryl methyl sites for hydroxylation is 2. The van der Waals surface area contributed by atoms with Crippen LogP contribution in [0, 0.1) is 31.6 Å². The quantitative estimate of drug-likeness (QED) is 0.0339. The van der Waals surface area contributed by atoms with Crippen LogP contribution in [0.15, 0.2) is 76.9 Å². The SMILES string of the molecule is CC(=N)N1C(=N)CN=C(c2ccc(C)cc2)c2c1sc(C)c2C.COC1CCN(S(=O)c2cc(NC(=O)CCCCCCCNC(C)=O)ccc2-c2ccnc(/C(=C\N)CC(=O)O)c2)CC1. The number of methoxy groups -OCH3 is 1. The van der Waals surface area contributed by atoms with Gasteiger partial charge >= 0.3 is 5.97 Å². The summed E-state index contributed by atoms with van der Waals surface area (Å²) in [7, 11) is 0.166. The number of unbranched alkanes of at least 4 members (excludes halogenated alkanes) is 4. The standard InChI is InChI=1S/C31H43N5O6S.C18H20N4S/c1-22(37)33-14-7-5-3-4-6-8-30(38)35-25-9-10-27(23-11-15-34-28(18-23)24(21-32)19-31(39)40)29(20-25)43(41)36-16-12-26(42-2)13-17-36;1-10-5-7-14(8-6-10)17-16-11(2)12(3)23-18(16)22(13(4)19)15(20)9-21-17/h9-11,15,18,20-21,26H,3-8,12-14,16-17,19,32H2,1-2H3,(H,33,37)(H,35,38)(H,39,40);5-8,19-20H,9H2,1-4H3/b24-21-;. The number of carbonyl (C=O) groups excluding carboxylic acids is 2. The van der Waals surface area contributed by atoms with Crippen molar-refractivity contribution in [1.29, 1.82) is 10.8 Å². The lowest BCUT2D eigenvalue weighted by atomic mass is 9.99. The summed E-state index contributed by atoms with van der Waals surface area (Å²) in [6, 6.07) is 17.2. The minimum absolute atomic E-state index is 0.0218. The van der Waals surface area contributed by atoms with Crippen LogP contribution in [0.3, 0.4) is 0 Å². The molecule has 7 N–H and O–H groups in total. The third kappa shape index (κ3) is 13.8. The number of thiophene rings is 1. The Kier molecular flexibility index (Phi) is 19.0. The summed E-state index contributed by atoms with van der Waals surface area (Å²) in [6.07, 6.45) is 9.16. The fourth-order valence-corrected chi connectivity index (χ4v) is 10.4. The first-order valence-electron chi connectivity index (χ1n) is 22.2. The molecule has 2 aliphatic rings. The van der Waals surface area contributed by atoms with E-state index in [9.17, 15) is 23.7 Å². The van der Waals surface area contributed by atoms with Crippen molar-refractivity contribution in [3.8, 4) is 11.1 Å². The second kappa shape index (κ2) is 24.6. The third-order valence-corrected chi connectivity index (χ3v) is 14.2. The van der Waals surface area contributed by atoms with Gasteiger partial charge in [-0.15, -0.1) is 11.3 Å². The van der Waals surface area contributed by atoms with Gasteiger partial charge in [-0.1, -0.05) is 55.2 Å². The van der Waals surface area contributed by atoms with Crippen molar-refractivity contribution in [2.24, 2.45) is 10.7 Å². The van der Waals surface area contributed by atoms with E-state index in [0.29, 0.717) is 77.2 Å². The molecule has 352 valence electrons. The van der Waals surface area contributed by atoms with E-state index >= 15 is 0 Å². The number of rotatable bonds is 17. The number of nitrogens with one attached hydrogen (secondary N) is 4. The zero-order chi connectivity index (χ0) is 47.9. The molecule has 4 heterocycles. The molecule has 2 aliphatic heterocycles. The molecule has 1 saturated heterocycles. The number of fused-ring (bicyclic) bond motifs is 1. The van der Waals surface area contributed by atoms with Gasteiger partial charge in [-0.05, 0) is 101 Å². The zero-order valence-corrected chi connectivity index (χ0v) is 40.4. The molecule has 1 fully saturated rings. The smallest absolute Gasteiger partial charge is 0.307 e. The summed E-state index contributed by atoms with van der Waals surface area (Å²) < 4.78 is 21.3. The van der Waals surface area contributed by atoms with Gasteiger partial charge in [0.25, 0.3) is 0 Å². The molecule has 0 saturated carbocycles. The Morgan fingerprint density at radius 3 is 2.33 bits per heavy atom. The number of nitrogens with zero attached hydrogens (tertiary/aromatic N) is 4. The van der Waals surface area contributed by atoms with Gasteiger partial charge in [0.05, 0.1) is 35.4 Å². The molecule has 2 aromatic heterocycles. The van der Waals surface area contributed by atoms with Crippen LogP contribution in [-0.2, 0) is 30.1 Å². The molecule has 2 aromatic carbocycles. The van der Waals surface area contributed by atoms with E-state index in [-0.39, 0.29) is 24.3 Å². The Balaban J connectivity index is 0.000000296. The third-order valence-electron chi connectivity index (χ3n) is 11.4. The average Bonchev–Trinajstić information content (AvgIpc) is 3.48. The number of anilines is 2. The number of hydrogen-bond donors (Lipinski definition) is 6. The van der Waals surface area contributed by atoms with Crippen molar-refractivity contribution in [3.05, 3.63) is 99.8 Å². The Hall–Kier alpha value is -5.88. The van der Waals surface area contributed by atoms with Gasteiger partial charge in [0.1, 0.15) is 27.7 Å². The molecule has 4 aromatic rings. The lowest BCUT2D eigenvalue weighted by Crippen LogP contribution is -2.37. The first-order chi connectivity index (χ1) is 31.6. The zero-order valence-electron chi connectivity index (χ0n) is 38.8. The van der Waals surface area contributed by atoms with Crippen molar-refractivity contribution < 1.29 is 28.4 Å². The van der Waals surface area contributed by atoms with Crippen molar-refractivity contribution in [2.45, 2.75) is 103 Å². The van der Waals surface area contributed by atoms with Crippen LogP contribution in [0.5, 0.6) is 0 Å². The molecule has 1 unspecified atom stereocenters. The van der Waals surface area contributed by atoms with E-state index in [0.717, 1.165) is 66.8 Å². The van der Waals surface area contributed by atoms with E-state index in [1.54, 1.807) is 60.7 Å². The van der Waals surface area contributed by atoms with Gasteiger partial charge in [0.2, 0.25) is 11.8 Å². The highest BCUT2D eigenvalue weighted by molar-refractivity contribution is 7.82. The van der Waals surface area contributed by atoms with Crippen LogP contribution in [0.2, 0.25) is 0 Å². The van der Waals surface area contributed by atoms with Crippen LogP contribution in [0.4, 0.5) is 10.7 Å². The first kappa shape index (κ1) is 51.1. The number of benzene rings is 2. The maximum atomic E-state index is 13.9. The number of nitrogens with two attached hydrogens (primary N) is 1. The number of ether oxygens (including phenoxy) is 1. The molecule has 0 radical (unpaired) electrons. The van der Waals surface area contributed by atoms with Crippen LogP contribution in [0.1, 0.15) is 104 Å². The average molecular weight is 938 g/mol. The molecule has 6 rings (SSSR count). The number of amidine groups is 2. The van der Waals surface area contributed by atoms with Gasteiger partial charge in [-0.25, -0.2) is 8.51 Å². The summed E-state index contributed by atoms with van der Waals surface area (Å²) in [4.78, 5) is 47.5. The van der Waals surface area contributed by atoms with E-state index in [1.165, 1.54) is 29.1 Å². The predicted octanol–water partition coefficient (Wildman–Crippen LogP) is 8.38. The largest absolute Gasteiger partial charge is 0.481 e. The van der Waals surface area contributed by atoms with Gasteiger partial charge in [0, 0.05) is 73.6 Å². The number of pyridine rings is 1. The molecular weight excluding hydrogens is 875 g/mol. The minimum atomic E-state index is -1.52. The lowest BCUT2D eigenvalue weighted by molar-refractivity contribution is -0.135. The summed E-state index contributed by atoms with van der Waals surface area (Å²) in [5.41, 5.74) is 13.9. The van der Waals surface area contributed by atoms with Crippen molar-refractivity contribution in [2.75, 3.05) is 43.5 Å². The second-order valence-electron chi connectivity index (χ2n) is 16.4. The molecule has 66 heavy (non-hydrogen) atoms. The van der Waals surface area contributed by atoms with Crippen molar-refractivity contribution in [3.63, 3.8) is 0 Å². The van der Waals surface area contributed by atoms with E-state index in [1.807, 2.05) is 10.4 Å². The maximum Gasteiger partial charge on any atom is 0.307 e. The van der Waals surface area contributed by atoms with Crippen LogP contribution in [0.25, 0.3) is 16.7 Å². The first-order valence-corrected chi connectivity index (χ1v) is 24.2. The maximum absolute atomic E-state index is 13.9. The fraction of sp³-hybridized carbons (Fsp3) is 0.408. The normalized spacial score (nSPS) is 14.9. The van der Waals surface area contributed by atoms with Gasteiger partial charge < -0.3 is 26.2 Å². The number of carboxylic acid groups (broad SMARTS) is 1. The van der Waals surface area contributed by atoms with Gasteiger partial charge in [0.15, 0.2) is 0 Å². The molecule has 0 bridgehead atoms. The molecule has 15 nitrogen and oxygen atoms in total. The number of carboxylic acids is 1. The van der Waals surface area contributed by atoms with Crippen LogP contribution < -0.4 is 21.3 Å². The molecule has 0 aliphatic carbocycles. The second-order valence-corrected chi connectivity index (χ2v) is 19.1. The summed E-state index contributed by atoms with van der Waals surface area (Å²) in [5, 5.41) is 32.3. The summed E-state index contributed by atoms with van der Waals surface area (Å²) in [6.45, 7) is 11.7. The molecule has 2 amide bonds. The Morgan fingerprint density at radius 2 is 1.68 bits per heavy atom. The number of aliphatic carboxylic acids is 1. The predicted molar refractivity (Wildman–Crippen MR) is 266 cm³/mol. The number of hydrogen-bond acceptors (Lipinski definition) is 11. The number of aliphatic imine (C=N–C) groups is 1. The monoisotopic (exact) mass is 937 g/mol. The van der Waals surface area contributed by atoms with Crippen LogP contribution in [-0.4, -0.2) is 93.2 Å². The fourth-order valence-electron chi connectivity index (χ4n) is 7.73. The number of piperidine rings is 1. The topological polar surface area (TPSA) is 227 Å². The highest BCUT2D eigenvalue weighted by atomic mass is 32.2. The van der Waals surface area contributed by atoms with E-state index < -0.39 is 17.0 Å². The summed E-state index contributed by atoms with van der Waals surface area (Å²) >= 11 is 1.64. The molecular formula is C49H63N9O6S2. The molecule has 17 heteroatoms. The van der Waals surface area contributed by atoms with Gasteiger partial charge in [-0.2, -0.15) is 0 Å². The Labute approximate surface area is 394 Å². The van der Waals surface area contributed by atoms with E-state index in [2.05, 4.69) is 60.7 Å². The van der Waals surface area contributed by atoms with Crippen molar-refractivity contribution in [1.82, 2.24) is 14.6 Å². The number of carbonyl (C=O) groups is 3. The number of amides is 2. The molecule has 0 spiro atoms. The van der Waals surface area contributed by atoms with Gasteiger partial charge in [-0.3, -0.25) is 40.1 Å². The van der Waals surface area contributed by atoms with E-state index in [4.69, 9.17) is 26.3 Å². The Bertz CT molecular complexity index is 2470.